The lowest BCUT2D eigenvalue weighted by Crippen LogP contribution is -2.25. The van der Waals surface area contributed by atoms with E-state index in [2.05, 4.69) is 48.1 Å². The molecule has 0 fully saturated rings. The second kappa shape index (κ2) is 6.68. The molecule has 0 bridgehead atoms. The van der Waals surface area contributed by atoms with Gasteiger partial charge in [0.2, 0.25) is 0 Å². The monoisotopic (exact) mass is 273 g/mol. The first kappa shape index (κ1) is 14.0. The van der Waals surface area contributed by atoms with Crippen LogP contribution in [-0.4, -0.2) is 16.0 Å². The van der Waals surface area contributed by atoms with Gasteiger partial charge in [0.25, 0.3) is 0 Å². The molecule has 1 aromatic carbocycles. The first-order valence-electron chi connectivity index (χ1n) is 6.45. The molecule has 2 atom stereocenters. The van der Waals surface area contributed by atoms with Crippen molar-refractivity contribution in [1.29, 1.82) is 0 Å². The van der Waals surface area contributed by atoms with E-state index < -0.39 is 0 Å². The predicted octanol–water partition coefficient (Wildman–Crippen LogP) is 3.36. The minimum atomic E-state index is 0.106. The minimum absolute atomic E-state index is 0.106. The molecule has 2 N–H and O–H groups in total. The molecule has 0 aliphatic rings. The predicted molar refractivity (Wildman–Crippen MR) is 80.1 cm³/mol. The van der Waals surface area contributed by atoms with Crippen LogP contribution >= 0.6 is 11.8 Å². The number of thioether (sulfide) groups is 1. The Balaban J connectivity index is 2.23. The van der Waals surface area contributed by atoms with Crippen LogP contribution in [0.2, 0.25) is 0 Å². The van der Waals surface area contributed by atoms with E-state index in [-0.39, 0.29) is 11.3 Å². The van der Waals surface area contributed by atoms with Crippen LogP contribution < -0.4 is 5.73 Å². The maximum atomic E-state index is 6.27. The molecule has 0 radical (unpaired) electrons. The van der Waals surface area contributed by atoms with E-state index >= 15 is 0 Å². The van der Waals surface area contributed by atoms with E-state index in [1.807, 2.05) is 0 Å². The number of rotatable bonds is 5. The summed E-state index contributed by atoms with van der Waals surface area (Å²) in [7, 11) is 0. The Labute approximate surface area is 118 Å². The average molecular weight is 273 g/mol. The topological polar surface area (TPSA) is 51.8 Å². The van der Waals surface area contributed by atoms with Crippen LogP contribution in [0.25, 0.3) is 0 Å². The van der Waals surface area contributed by atoms with Crippen molar-refractivity contribution in [2.24, 2.45) is 5.73 Å². The summed E-state index contributed by atoms with van der Waals surface area (Å²) in [6.07, 6.45) is 6.12. The summed E-state index contributed by atoms with van der Waals surface area (Å²) in [5, 5.41) is 1.12. The van der Waals surface area contributed by atoms with Crippen molar-refractivity contribution in [3.8, 4) is 0 Å². The Kier molecular flexibility index (Phi) is 4.93. The van der Waals surface area contributed by atoms with E-state index in [1.165, 1.54) is 11.1 Å². The standard InChI is InChI=1S/C15H19N3S/c1-3-13(16)15(12-6-4-11(2)5-7-12)19-14-10-17-8-9-18-14/h4-10,13,15H,3,16H2,1-2H3. The Hall–Kier alpha value is -1.39. The third kappa shape index (κ3) is 3.78. The van der Waals surface area contributed by atoms with Gasteiger partial charge in [0.15, 0.2) is 0 Å². The number of aromatic nitrogens is 2. The fourth-order valence-corrected chi connectivity index (χ4v) is 3.01. The first-order chi connectivity index (χ1) is 9.20. The van der Waals surface area contributed by atoms with Crippen molar-refractivity contribution in [2.75, 3.05) is 0 Å². The zero-order valence-corrected chi connectivity index (χ0v) is 12.1. The van der Waals surface area contributed by atoms with Gasteiger partial charge in [-0.05, 0) is 18.9 Å². The summed E-state index contributed by atoms with van der Waals surface area (Å²) in [4.78, 5) is 8.43. The fraction of sp³-hybridized carbons (Fsp3) is 0.333. The lowest BCUT2D eigenvalue weighted by molar-refractivity contribution is 0.633. The van der Waals surface area contributed by atoms with Crippen LogP contribution in [0.5, 0.6) is 0 Å². The molecular weight excluding hydrogens is 254 g/mol. The third-order valence-corrected chi connectivity index (χ3v) is 4.38. The maximum Gasteiger partial charge on any atom is 0.115 e. The highest BCUT2D eigenvalue weighted by Crippen LogP contribution is 2.36. The molecule has 2 aromatic rings. The summed E-state index contributed by atoms with van der Waals surface area (Å²) in [6.45, 7) is 4.21. The molecule has 0 saturated carbocycles. The van der Waals surface area contributed by atoms with Crippen molar-refractivity contribution in [3.63, 3.8) is 0 Å². The second-order valence-corrected chi connectivity index (χ2v) is 5.73. The Morgan fingerprint density at radius 2 is 1.95 bits per heavy atom. The van der Waals surface area contributed by atoms with Gasteiger partial charge in [0, 0.05) is 18.4 Å². The molecule has 100 valence electrons. The molecule has 0 saturated heterocycles. The van der Waals surface area contributed by atoms with Crippen LogP contribution in [0, 0.1) is 6.92 Å². The second-order valence-electron chi connectivity index (χ2n) is 4.56. The van der Waals surface area contributed by atoms with Crippen molar-refractivity contribution in [2.45, 2.75) is 36.6 Å². The van der Waals surface area contributed by atoms with Crippen LogP contribution in [0.1, 0.15) is 29.7 Å². The molecule has 2 rings (SSSR count). The first-order valence-corrected chi connectivity index (χ1v) is 7.33. The third-order valence-electron chi connectivity index (χ3n) is 3.05. The zero-order valence-electron chi connectivity index (χ0n) is 11.3. The van der Waals surface area contributed by atoms with Gasteiger partial charge in [0.05, 0.1) is 11.4 Å². The molecule has 0 spiro atoms. The van der Waals surface area contributed by atoms with Crippen molar-refractivity contribution < 1.29 is 0 Å². The highest BCUT2D eigenvalue weighted by Gasteiger charge is 2.20. The average Bonchev–Trinajstić information content (AvgIpc) is 2.46. The number of nitrogens with zero attached hydrogens (tertiary/aromatic N) is 2. The molecular formula is C15H19N3S. The zero-order chi connectivity index (χ0) is 13.7. The van der Waals surface area contributed by atoms with Gasteiger partial charge in [-0.2, -0.15) is 0 Å². The van der Waals surface area contributed by atoms with Crippen molar-refractivity contribution >= 4 is 11.8 Å². The number of benzene rings is 1. The summed E-state index contributed by atoms with van der Waals surface area (Å²) in [5.41, 5.74) is 8.77. The largest absolute Gasteiger partial charge is 0.326 e. The summed E-state index contributed by atoms with van der Waals surface area (Å²) >= 11 is 1.68. The molecule has 0 aliphatic carbocycles. The lowest BCUT2D eigenvalue weighted by atomic mass is 10.0. The van der Waals surface area contributed by atoms with Gasteiger partial charge in [-0.3, -0.25) is 4.98 Å². The Morgan fingerprint density at radius 1 is 1.21 bits per heavy atom. The van der Waals surface area contributed by atoms with Gasteiger partial charge < -0.3 is 5.73 Å². The summed E-state index contributed by atoms with van der Waals surface area (Å²) in [6, 6.07) is 8.66. The normalized spacial score (nSPS) is 14.1. The fourth-order valence-electron chi connectivity index (χ4n) is 1.85. The Bertz CT molecular complexity index is 499. The summed E-state index contributed by atoms with van der Waals surface area (Å²) in [5.74, 6) is 0. The van der Waals surface area contributed by atoms with E-state index in [9.17, 15) is 0 Å². The maximum absolute atomic E-state index is 6.27. The Morgan fingerprint density at radius 3 is 2.53 bits per heavy atom. The molecule has 19 heavy (non-hydrogen) atoms. The minimum Gasteiger partial charge on any atom is -0.326 e. The van der Waals surface area contributed by atoms with E-state index in [0.29, 0.717) is 0 Å². The van der Waals surface area contributed by atoms with E-state index in [4.69, 9.17) is 5.73 Å². The molecule has 0 amide bonds. The molecule has 0 aliphatic heterocycles. The van der Waals surface area contributed by atoms with Gasteiger partial charge in [0.1, 0.15) is 5.03 Å². The van der Waals surface area contributed by atoms with Crippen LogP contribution in [0.4, 0.5) is 0 Å². The van der Waals surface area contributed by atoms with Crippen LogP contribution in [-0.2, 0) is 0 Å². The van der Waals surface area contributed by atoms with Gasteiger partial charge in [-0.1, -0.05) is 48.5 Å². The van der Waals surface area contributed by atoms with Gasteiger partial charge in [-0.25, -0.2) is 4.98 Å². The van der Waals surface area contributed by atoms with Crippen molar-refractivity contribution in [1.82, 2.24) is 9.97 Å². The highest BCUT2D eigenvalue weighted by atomic mass is 32.2. The van der Waals surface area contributed by atoms with Crippen molar-refractivity contribution in [3.05, 3.63) is 54.0 Å². The molecule has 1 heterocycles. The lowest BCUT2D eigenvalue weighted by Gasteiger charge is -2.22. The quantitative estimate of drug-likeness (QED) is 0.849. The van der Waals surface area contributed by atoms with E-state index in [1.54, 1.807) is 30.4 Å². The summed E-state index contributed by atoms with van der Waals surface area (Å²) < 4.78 is 0. The van der Waals surface area contributed by atoms with E-state index in [0.717, 1.165) is 11.4 Å². The number of nitrogens with two attached hydrogens (primary N) is 1. The number of hydrogen-bond acceptors (Lipinski definition) is 4. The molecule has 2 unspecified atom stereocenters. The van der Waals surface area contributed by atoms with Crippen LogP contribution in [0.3, 0.4) is 0 Å². The molecule has 1 aromatic heterocycles. The van der Waals surface area contributed by atoms with Gasteiger partial charge >= 0.3 is 0 Å². The number of hydrogen-bond donors (Lipinski definition) is 1. The van der Waals surface area contributed by atoms with Crippen LogP contribution in [0.15, 0.2) is 47.9 Å². The molecule has 4 heteroatoms. The smallest absolute Gasteiger partial charge is 0.115 e. The van der Waals surface area contributed by atoms with Gasteiger partial charge in [-0.15, -0.1) is 0 Å². The SMILES string of the molecule is CCC(N)C(Sc1cnccn1)c1ccc(C)cc1. The molecule has 3 nitrogen and oxygen atoms in total. The number of aryl methyl sites for hydroxylation is 1. The highest BCUT2D eigenvalue weighted by molar-refractivity contribution is 7.99.